The summed E-state index contributed by atoms with van der Waals surface area (Å²) in [6.45, 7) is 1.97. The molecule has 26 heavy (non-hydrogen) atoms. The molecule has 7 heteroatoms. The second-order valence-corrected chi connectivity index (χ2v) is 7.64. The lowest BCUT2D eigenvalue weighted by atomic mass is 9.99. The Hall–Kier alpha value is -2.41. The summed E-state index contributed by atoms with van der Waals surface area (Å²) in [5.74, 6) is 6.29. The Morgan fingerprint density at radius 3 is 2.62 bits per heavy atom. The minimum atomic E-state index is -0.279. The molecule has 0 spiro atoms. The third-order valence-corrected chi connectivity index (χ3v) is 5.72. The van der Waals surface area contributed by atoms with Crippen LogP contribution in [0, 0.1) is 0 Å². The van der Waals surface area contributed by atoms with Crippen LogP contribution in [0.15, 0.2) is 41.5 Å². The van der Waals surface area contributed by atoms with Crippen molar-refractivity contribution in [3.05, 3.63) is 42.0 Å². The maximum atomic E-state index is 11.5. The van der Waals surface area contributed by atoms with Crippen LogP contribution >= 0.6 is 11.8 Å². The molecule has 0 bridgehead atoms. The molecule has 0 aromatic heterocycles. The molecule has 1 unspecified atom stereocenters. The predicted molar refractivity (Wildman–Crippen MR) is 108 cm³/mol. The predicted octanol–water partition coefficient (Wildman–Crippen LogP) is 2.96. The van der Waals surface area contributed by atoms with E-state index in [1.54, 1.807) is 0 Å². The van der Waals surface area contributed by atoms with Crippen LogP contribution in [0.3, 0.4) is 0 Å². The number of fused-ring (bicyclic) bond motifs is 1. The van der Waals surface area contributed by atoms with Gasteiger partial charge in [-0.15, -0.1) is 16.9 Å². The molecule has 2 aromatic rings. The van der Waals surface area contributed by atoms with Crippen LogP contribution in [-0.4, -0.2) is 30.2 Å². The molecule has 4 N–H and O–H groups in total. The number of ether oxygens (including phenoxy) is 1. The van der Waals surface area contributed by atoms with Crippen molar-refractivity contribution in [3.63, 3.8) is 0 Å². The molecule has 6 nitrogen and oxygen atoms in total. The number of guanidine groups is 1. The van der Waals surface area contributed by atoms with Crippen molar-refractivity contribution in [1.82, 2.24) is 0 Å². The van der Waals surface area contributed by atoms with E-state index >= 15 is 0 Å². The molecule has 1 aliphatic carbocycles. The summed E-state index contributed by atoms with van der Waals surface area (Å²) < 4.78 is 4.73. The normalized spacial score (nSPS) is 15.7. The zero-order valence-corrected chi connectivity index (χ0v) is 15.8. The summed E-state index contributed by atoms with van der Waals surface area (Å²) >= 11 is 1.42. The molecular formula is C19H24N4O2S. The zero-order chi connectivity index (χ0) is 18.7. The smallest absolute Gasteiger partial charge is 0.315 e. The molecule has 1 saturated carbocycles. The second-order valence-electron chi connectivity index (χ2n) is 6.34. The number of hydrogen-bond donors (Lipinski definition) is 2. The van der Waals surface area contributed by atoms with Gasteiger partial charge in [0.05, 0.1) is 23.9 Å². The Morgan fingerprint density at radius 2 is 2.00 bits per heavy atom. The topological polar surface area (TPSA) is 93.9 Å². The Kier molecular flexibility index (Phi) is 5.56. The molecule has 1 aliphatic rings. The number of nitrogens with two attached hydrogens (primary N) is 2. The first-order chi connectivity index (χ1) is 12.6. The Morgan fingerprint density at radius 1 is 1.31 bits per heavy atom. The quantitative estimate of drug-likeness (QED) is 0.202. The van der Waals surface area contributed by atoms with E-state index in [2.05, 4.69) is 35.4 Å². The standard InChI is InChI=1S/C19H24N4O2S/c1-12(26-11-18(24)25-2)23(19(20)22-21)17-10-9-14(13-7-8-13)15-5-3-4-6-16(15)17/h3-6,9-10,12-13H,7-8,11,21H2,1-2H3,(H2,20,22). The summed E-state index contributed by atoms with van der Waals surface area (Å²) in [7, 11) is 1.38. The van der Waals surface area contributed by atoms with Crippen LogP contribution in [-0.2, 0) is 9.53 Å². The summed E-state index contributed by atoms with van der Waals surface area (Å²) in [5.41, 5.74) is 8.42. The van der Waals surface area contributed by atoms with Crippen LogP contribution < -0.4 is 16.5 Å². The van der Waals surface area contributed by atoms with Crippen LogP contribution in [0.4, 0.5) is 5.69 Å². The van der Waals surface area contributed by atoms with E-state index in [1.807, 2.05) is 17.9 Å². The number of nitrogens with zero attached hydrogens (tertiary/aromatic N) is 2. The van der Waals surface area contributed by atoms with E-state index in [4.69, 9.17) is 16.3 Å². The van der Waals surface area contributed by atoms with Gasteiger partial charge in [-0.1, -0.05) is 30.3 Å². The number of rotatable bonds is 6. The molecule has 0 saturated heterocycles. The van der Waals surface area contributed by atoms with Gasteiger partial charge in [-0.2, -0.15) is 0 Å². The van der Waals surface area contributed by atoms with Gasteiger partial charge in [0.1, 0.15) is 0 Å². The van der Waals surface area contributed by atoms with Gasteiger partial charge in [0, 0.05) is 5.39 Å². The minimum absolute atomic E-state index is 0.142. The maximum absolute atomic E-state index is 11.5. The van der Waals surface area contributed by atoms with E-state index in [-0.39, 0.29) is 23.1 Å². The largest absolute Gasteiger partial charge is 0.468 e. The SMILES string of the molecule is COC(=O)CSC(C)N(/C(N)=N\N)c1ccc(C2CC2)c2ccccc12. The average Bonchev–Trinajstić information content (AvgIpc) is 3.51. The highest BCUT2D eigenvalue weighted by Gasteiger charge is 2.28. The Bertz CT molecular complexity index is 835. The third-order valence-electron chi connectivity index (χ3n) is 4.62. The van der Waals surface area contributed by atoms with Crippen molar-refractivity contribution in [1.29, 1.82) is 0 Å². The first kappa shape index (κ1) is 18.4. The first-order valence-electron chi connectivity index (χ1n) is 8.59. The Labute approximate surface area is 157 Å². The summed E-state index contributed by atoms with van der Waals surface area (Å²) in [5, 5.41) is 5.89. The molecule has 1 fully saturated rings. The highest BCUT2D eigenvalue weighted by Crippen LogP contribution is 2.45. The van der Waals surface area contributed by atoms with Gasteiger partial charge in [0.25, 0.3) is 0 Å². The van der Waals surface area contributed by atoms with Crippen molar-refractivity contribution < 1.29 is 9.53 Å². The van der Waals surface area contributed by atoms with Gasteiger partial charge in [-0.05, 0) is 42.7 Å². The minimum Gasteiger partial charge on any atom is -0.468 e. The lowest BCUT2D eigenvalue weighted by Crippen LogP contribution is -2.43. The van der Waals surface area contributed by atoms with Crippen molar-refractivity contribution in [3.8, 4) is 0 Å². The van der Waals surface area contributed by atoms with Crippen LogP contribution in [0.2, 0.25) is 0 Å². The molecule has 3 rings (SSSR count). The highest BCUT2D eigenvalue weighted by molar-refractivity contribution is 8.00. The molecule has 0 radical (unpaired) electrons. The van der Waals surface area contributed by atoms with Crippen LogP contribution in [0.1, 0.15) is 31.2 Å². The highest BCUT2D eigenvalue weighted by atomic mass is 32.2. The monoisotopic (exact) mass is 372 g/mol. The van der Waals surface area contributed by atoms with Crippen molar-refractivity contribution in [2.24, 2.45) is 16.7 Å². The molecule has 0 heterocycles. The van der Waals surface area contributed by atoms with E-state index in [9.17, 15) is 4.79 Å². The lowest BCUT2D eigenvalue weighted by Gasteiger charge is -2.30. The fraction of sp³-hybridized carbons (Fsp3) is 0.368. The van der Waals surface area contributed by atoms with Gasteiger partial charge in [-0.3, -0.25) is 9.69 Å². The van der Waals surface area contributed by atoms with Crippen LogP contribution in [0.5, 0.6) is 0 Å². The number of benzene rings is 2. The van der Waals surface area contributed by atoms with Crippen LogP contribution in [0.25, 0.3) is 10.8 Å². The fourth-order valence-corrected chi connectivity index (χ4v) is 4.02. The summed E-state index contributed by atoms with van der Waals surface area (Å²) in [6.07, 6.45) is 2.48. The lowest BCUT2D eigenvalue weighted by molar-refractivity contribution is -0.137. The number of methoxy groups -OCH3 is 1. The number of esters is 1. The second kappa shape index (κ2) is 7.86. The van der Waals surface area contributed by atoms with Crippen molar-refractivity contribution >= 4 is 40.2 Å². The third kappa shape index (κ3) is 3.72. The first-order valence-corrected chi connectivity index (χ1v) is 9.64. The number of anilines is 1. The Balaban J connectivity index is 2.01. The van der Waals surface area contributed by atoms with Gasteiger partial charge < -0.3 is 16.3 Å². The number of hydrogen-bond acceptors (Lipinski definition) is 5. The summed E-state index contributed by atoms with van der Waals surface area (Å²) in [4.78, 5) is 13.4. The molecule has 1 atom stereocenters. The zero-order valence-electron chi connectivity index (χ0n) is 15.0. The van der Waals surface area contributed by atoms with E-state index in [0.717, 1.165) is 11.1 Å². The number of thioether (sulfide) groups is 1. The van der Waals surface area contributed by atoms with E-state index in [0.29, 0.717) is 5.92 Å². The number of carbonyl (C=O) groups excluding carboxylic acids is 1. The molecule has 0 aliphatic heterocycles. The summed E-state index contributed by atoms with van der Waals surface area (Å²) in [6, 6.07) is 12.5. The van der Waals surface area contributed by atoms with E-state index < -0.39 is 0 Å². The van der Waals surface area contributed by atoms with Crippen molar-refractivity contribution in [2.45, 2.75) is 31.1 Å². The fourth-order valence-electron chi connectivity index (χ4n) is 3.16. The molecule has 2 aromatic carbocycles. The molecule has 0 amide bonds. The molecular weight excluding hydrogens is 348 g/mol. The van der Waals surface area contributed by atoms with Gasteiger partial charge >= 0.3 is 5.97 Å². The van der Waals surface area contributed by atoms with E-state index in [1.165, 1.54) is 42.7 Å². The average molecular weight is 372 g/mol. The van der Waals surface area contributed by atoms with Crippen molar-refractivity contribution in [2.75, 3.05) is 17.8 Å². The van der Waals surface area contributed by atoms with Gasteiger partial charge in [0.2, 0.25) is 5.96 Å². The van der Waals surface area contributed by atoms with Gasteiger partial charge in [0.15, 0.2) is 0 Å². The maximum Gasteiger partial charge on any atom is 0.315 e. The van der Waals surface area contributed by atoms with Gasteiger partial charge in [-0.25, -0.2) is 0 Å². The number of hydrazone groups is 1. The molecule has 138 valence electrons. The number of carbonyl (C=O) groups is 1.